The predicted octanol–water partition coefficient (Wildman–Crippen LogP) is -0.0249. The van der Waals surface area contributed by atoms with Crippen LogP contribution in [0.5, 0.6) is 0 Å². The first-order chi connectivity index (χ1) is 11.2. The lowest BCUT2D eigenvalue weighted by Gasteiger charge is -2.36. The molecule has 3 aliphatic heterocycles. The smallest absolute Gasteiger partial charge is 0.236 e. The van der Waals surface area contributed by atoms with Crippen molar-refractivity contribution in [2.75, 3.05) is 65.6 Å². The highest BCUT2D eigenvalue weighted by molar-refractivity contribution is 5.85. The molecule has 0 saturated carbocycles. The molecule has 0 bridgehead atoms. The second kappa shape index (κ2) is 11.2. The Morgan fingerprint density at radius 3 is 2.16 bits per heavy atom. The highest BCUT2D eigenvalue weighted by Crippen LogP contribution is 2.12. The van der Waals surface area contributed by atoms with E-state index < -0.39 is 0 Å². The number of hydrogen-bond donors (Lipinski definition) is 1. The van der Waals surface area contributed by atoms with Gasteiger partial charge in [0.25, 0.3) is 0 Å². The van der Waals surface area contributed by atoms with Gasteiger partial charge in [0, 0.05) is 51.7 Å². The molecule has 0 aromatic heterocycles. The number of amides is 2. The van der Waals surface area contributed by atoms with E-state index in [1.165, 1.54) is 6.42 Å². The molecule has 0 radical (unpaired) electrons. The molecule has 1 N–H and O–H groups in total. The van der Waals surface area contributed by atoms with E-state index in [1.54, 1.807) is 0 Å². The minimum atomic E-state index is 0. The molecule has 3 aliphatic rings. The van der Waals surface area contributed by atoms with Gasteiger partial charge < -0.3 is 19.9 Å². The number of hydrogen-bond acceptors (Lipinski definition) is 5. The van der Waals surface area contributed by atoms with Crippen LogP contribution in [0.1, 0.15) is 19.3 Å². The zero-order valence-electron chi connectivity index (χ0n) is 14.7. The molecule has 146 valence electrons. The second-order valence-electron chi connectivity index (χ2n) is 6.65. The van der Waals surface area contributed by atoms with Crippen molar-refractivity contribution in [1.29, 1.82) is 0 Å². The fraction of sp³-hybridized carbons (Fsp3) is 0.875. The highest BCUT2D eigenvalue weighted by Gasteiger charge is 2.26. The van der Waals surface area contributed by atoms with Gasteiger partial charge in [0.1, 0.15) is 0 Å². The zero-order chi connectivity index (χ0) is 16.1. The summed E-state index contributed by atoms with van der Waals surface area (Å²) in [7, 11) is 0. The van der Waals surface area contributed by atoms with Crippen molar-refractivity contribution in [2.24, 2.45) is 0 Å². The number of carbonyl (C=O) groups is 2. The molecular formula is C16H30Cl2N4O3. The van der Waals surface area contributed by atoms with E-state index in [4.69, 9.17) is 4.74 Å². The van der Waals surface area contributed by atoms with E-state index in [0.29, 0.717) is 45.3 Å². The molecule has 3 heterocycles. The molecule has 0 aromatic carbocycles. The third-order valence-corrected chi connectivity index (χ3v) is 5.03. The Balaban J connectivity index is 0.00000156. The van der Waals surface area contributed by atoms with Crippen molar-refractivity contribution >= 4 is 36.6 Å². The quantitative estimate of drug-likeness (QED) is 0.722. The van der Waals surface area contributed by atoms with Gasteiger partial charge in [-0.05, 0) is 19.4 Å². The minimum Gasteiger partial charge on any atom is -0.378 e. The third-order valence-electron chi connectivity index (χ3n) is 5.03. The molecule has 1 atom stereocenters. The van der Waals surface area contributed by atoms with Crippen LogP contribution < -0.4 is 5.32 Å². The Kier molecular flexibility index (Phi) is 10.0. The van der Waals surface area contributed by atoms with Crippen molar-refractivity contribution in [3.8, 4) is 0 Å². The van der Waals surface area contributed by atoms with Gasteiger partial charge in [0.2, 0.25) is 11.8 Å². The summed E-state index contributed by atoms with van der Waals surface area (Å²) in [6.07, 6.45) is 2.90. The first kappa shape index (κ1) is 22.4. The molecule has 0 spiro atoms. The summed E-state index contributed by atoms with van der Waals surface area (Å²) >= 11 is 0. The maximum atomic E-state index is 12.3. The molecule has 0 aliphatic carbocycles. The Morgan fingerprint density at radius 1 is 0.920 bits per heavy atom. The van der Waals surface area contributed by atoms with Crippen molar-refractivity contribution < 1.29 is 14.3 Å². The fourth-order valence-electron chi connectivity index (χ4n) is 3.53. The molecular weight excluding hydrogens is 367 g/mol. The minimum absolute atomic E-state index is 0. The number of nitrogens with one attached hydrogen (secondary N) is 1. The molecule has 25 heavy (non-hydrogen) atoms. The molecule has 1 unspecified atom stereocenters. The Morgan fingerprint density at radius 2 is 1.56 bits per heavy atom. The standard InChI is InChI=1S/C16H28N4O3.2ClH/c21-15(12-14-2-1-3-17-14)19-6-4-18(5-7-19)13-16(22)20-8-10-23-11-9-20;;/h14,17H,1-13H2;2*1H. The Bertz CT molecular complexity index is 422. The zero-order valence-corrected chi connectivity index (χ0v) is 16.3. The average Bonchev–Trinajstić information content (AvgIpc) is 3.09. The van der Waals surface area contributed by atoms with Gasteiger partial charge in [-0.3, -0.25) is 14.5 Å². The molecule has 2 amide bonds. The van der Waals surface area contributed by atoms with E-state index in [1.807, 2.05) is 9.80 Å². The van der Waals surface area contributed by atoms with Crippen LogP contribution in [0.25, 0.3) is 0 Å². The van der Waals surface area contributed by atoms with Crippen LogP contribution in [0, 0.1) is 0 Å². The summed E-state index contributed by atoms with van der Waals surface area (Å²) < 4.78 is 5.28. The topological polar surface area (TPSA) is 65.1 Å². The van der Waals surface area contributed by atoms with Gasteiger partial charge in [-0.2, -0.15) is 0 Å². The first-order valence-electron chi connectivity index (χ1n) is 8.81. The summed E-state index contributed by atoms with van der Waals surface area (Å²) in [5.74, 6) is 0.437. The van der Waals surface area contributed by atoms with E-state index in [-0.39, 0.29) is 36.6 Å². The number of halogens is 2. The van der Waals surface area contributed by atoms with Gasteiger partial charge in [-0.15, -0.1) is 24.8 Å². The summed E-state index contributed by atoms with van der Waals surface area (Å²) in [4.78, 5) is 30.6. The van der Waals surface area contributed by atoms with Gasteiger partial charge in [0.05, 0.1) is 19.8 Å². The number of ether oxygens (including phenoxy) is 1. The van der Waals surface area contributed by atoms with E-state index >= 15 is 0 Å². The SMILES string of the molecule is Cl.Cl.O=C(CC1CCCN1)N1CCN(CC(=O)N2CCOCC2)CC1. The number of nitrogens with zero attached hydrogens (tertiary/aromatic N) is 3. The number of rotatable bonds is 4. The largest absolute Gasteiger partial charge is 0.378 e. The maximum absolute atomic E-state index is 12.3. The van der Waals surface area contributed by atoms with E-state index in [0.717, 1.165) is 39.1 Å². The molecule has 3 saturated heterocycles. The van der Waals surface area contributed by atoms with Crippen LogP contribution in [-0.4, -0.2) is 98.1 Å². The summed E-state index contributed by atoms with van der Waals surface area (Å²) in [5, 5.41) is 3.38. The van der Waals surface area contributed by atoms with Crippen LogP contribution in [-0.2, 0) is 14.3 Å². The van der Waals surface area contributed by atoms with Crippen LogP contribution in [0.15, 0.2) is 0 Å². The second-order valence-corrected chi connectivity index (χ2v) is 6.65. The van der Waals surface area contributed by atoms with Gasteiger partial charge >= 0.3 is 0 Å². The lowest BCUT2D eigenvalue weighted by atomic mass is 10.1. The molecule has 9 heteroatoms. The maximum Gasteiger partial charge on any atom is 0.236 e. The van der Waals surface area contributed by atoms with Crippen molar-refractivity contribution in [2.45, 2.75) is 25.3 Å². The number of carbonyl (C=O) groups excluding carboxylic acids is 2. The molecule has 7 nitrogen and oxygen atoms in total. The third kappa shape index (κ3) is 6.57. The normalized spacial score (nSPS) is 24.4. The number of morpholine rings is 1. The summed E-state index contributed by atoms with van der Waals surface area (Å²) in [6.45, 7) is 7.25. The number of piperazine rings is 1. The van der Waals surface area contributed by atoms with Crippen molar-refractivity contribution in [3.63, 3.8) is 0 Å². The van der Waals surface area contributed by atoms with Crippen molar-refractivity contribution in [1.82, 2.24) is 20.0 Å². The lowest BCUT2D eigenvalue weighted by Crippen LogP contribution is -2.53. The van der Waals surface area contributed by atoms with Crippen LogP contribution in [0.2, 0.25) is 0 Å². The fourth-order valence-corrected chi connectivity index (χ4v) is 3.53. The monoisotopic (exact) mass is 396 g/mol. The summed E-state index contributed by atoms with van der Waals surface area (Å²) in [6, 6.07) is 0.364. The average molecular weight is 397 g/mol. The van der Waals surface area contributed by atoms with Gasteiger partial charge in [-0.25, -0.2) is 0 Å². The Labute approximate surface area is 162 Å². The van der Waals surface area contributed by atoms with Crippen LogP contribution >= 0.6 is 24.8 Å². The molecule has 3 rings (SSSR count). The first-order valence-corrected chi connectivity index (χ1v) is 8.81. The Hall–Kier alpha value is -0.600. The van der Waals surface area contributed by atoms with Crippen molar-refractivity contribution in [3.05, 3.63) is 0 Å². The van der Waals surface area contributed by atoms with Gasteiger partial charge in [0.15, 0.2) is 0 Å². The summed E-state index contributed by atoms with van der Waals surface area (Å²) in [5.41, 5.74) is 0. The van der Waals surface area contributed by atoms with E-state index in [2.05, 4.69) is 10.2 Å². The molecule has 3 fully saturated rings. The predicted molar refractivity (Wildman–Crippen MR) is 101 cm³/mol. The van der Waals surface area contributed by atoms with Gasteiger partial charge in [-0.1, -0.05) is 0 Å². The lowest BCUT2D eigenvalue weighted by molar-refractivity contribution is -0.138. The van der Waals surface area contributed by atoms with Crippen LogP contribution in [0.3, 0.4) is 0 Å². The molecule has 0 aromatic rings. The van der Waals surface area contributed by atoms with E-state index in [9.17, 15) is 9.59 Å². The highest BCUT2D eigenvalue weighted by atomic mass is 35.5. The van der Waals surface area contributed by atoms with Crippen LogP contribution in [0.4, 0.5) is 0 Å².